The van der Waals surface area contributed by atoms with Crippen molar-refractivity contribution in [2.75, 3.05) is 0 Å². The van der Waals surface area contributed by atoms with E-state index in [-0.39, 0.29) is 23.7 Å². The molecule has 0 aliphatic heterocycles. The molecule has 2 atom stereocenters. The highest BCUT2D eigenvalue weighted by atomic mass is 19.1. The summed E-state index contributed by atoms with van der Waals surface area (Å²) < 4.78 is 31.2. The van der Waals surface area contributed by atoms with Crippen molar-refractivity contribution in [1.29, 1.82) is 0 Å². The number of hydrogen-bond acceptors (Lipinski definition) is 5. The lowest BCUT2D eigenvalue weighted by Gasteiger charge is -2.09. The molecule has 0 aliphatic rings. The quantitative estimate of drug-likeness (QED) is 0.772. The molecule has 0 bridgehead atoms. The Kier molecular flexibility index (Phi) is 4.84. The minimum atomic E-state index is -0.886. The minimum Gasteiger partial charge on any atom is -0.446 e. The van der Waals surface area contributed by atoms with Crippen molar-refractivity contribution >= 4 is 5.91 Å². The van der Waals surface area contributed by atoms with Gasteiger partial charge >= 0.3 is 0 Å². The molecule has 4 N–H and O–H groups in total. The standard InChI is InChI=1S/C14H15F2N3O3/c1-7(20)12(17)14-19-11(6-22-14)13(21)18-5-8-2-3-9(15)4-10(8)16/h2-4,6-7,12,20H,5,17H2,1H3,(H,18,21). The van der Waals surface area contributed by atoms with Crippen LogP contribution in [0.15, 0.2) is 28.9 Å². The van der Waals surface area contributed by atoms with Crippen molar-refractivity contribution in [3.8, 4) is 0 Å². The molecular weight excluding hydrogens is 296 g/mol. The number of aliphatic hydroxyl groups excluding tert-OH is 1. The summed E-state index contributed by atoms with van der Waals surface area (Å²) in [5, 5.41) is 11.8. The average molecular weight is 311 g/mol. The number of carbonyl (C=O) groups excluding carboxylic acids is 1. The van der Waals surface area contributed by atoms with Gasteiger partial charge in [-0.2, -0.15) is 0 Å². The van der Waals surface area contributed by atoms with Gasteiger partial charge in [-0.1, -0.05) is 6.07 Å². The van der Waals surface area contributed by atoms with Crippen molar-refractivity contribution in [3.05, 3.63) is 53.2 Å². The Bertz CT molecular complexity index is 673. The fourth-order valence-corrected chi connectivity index (χ4v) is 1.68. The monoisotopic (exact) mass is 311 g/mol. The summed E-state index contributed by atoms with van der Waals surface area (Å²) in [6, 6.07) is 2.22. The number of nitrogens with zero attached hydrogens (tertiary/aromatic N) is 1. The maximum absolute atomic E-state index is 13.4. The molecule has 2 rings (SSSR count). The summed E-state index contributed by atoms with van der Waals surface area (Å²) in [6.07, 6.45) is 0.205. The van der Waals surface area contributed by atoms with E-state index in [0.29, 0.717) is 0 Å². The predicted molar refractivity (Wildman–Crippen MR) is 72.6 cm³/mol. The fraction of sp³-hybridized carbons (Fsp3) is 0.286. The lowest BCUT2D eigenvalue weighted by Crippen LogP contribution is -2.25. The number of rotatable bonds is 5. The van der Waals surface area contributed by atoms with E-state index in [9.17, 15) is 18.7 Å². The summed E-state index contributed by atoms with van der Waals surface area (Å²) in [7, 11) is 0. The maximum atomic E-state index is 13.4. The van der Waals surface area contributed by atoms with Crippen molar-refractivity contribution in [2.45, 2.75) is 25.6 Å². The first-order chi connectivity index (χ1) is 10.4. The fourth-order valence-electron chi connectivity index (χ4n) is 1.68. The van der Waals surface area contributed by atoms with E-state index in [1.165, 1.54) is 13.0 Å². The number of amides is 1. The topological polar surface area (TPSA) is 101 Å². The maximum Gasteiger partial charge on any atom is 0.273 e. The highest BCUT2D eigenvalue weighted by Crippen LogP contribution is 2.14. The zero-order valence-corrected chi connectivity index (χ0v) is 11.7. The van der Waals surface area contributed by atoms with Crippen molar-refractivity contribution < 1.29 is 23.1 Å². The van der Waals surface area contributed by atoms with Crippen molar-refractivity contribution in [2.24, 2.45) is 5.73 Å². The molecule has 0 spiro atoms. The van der Waals surface area contributed by atoms with E-state index < -0.39 is 29.7 Å². The first-order valence-electron chi connectivity index (χ1n) is 6.49. The van der Waals surface area contributed by atoms with Crippen LogP contribution < -0.4 is 11.1 Å². The summed E-state index contributed by atoms with van der Waals surface area (Å²) in [4.78, 5) is 15.7. The van der Waals surface area contributed by atoms with Crippen LogP contribution in [0.3, 0.4) is 0 Å². The molecule has 2 unspecified atom stereocenters. The second-order valence-electron chi connectivity index (χ2n) is 4.76. The van der Waals surface area contributed by atoms with Gasteiger partial charge in [-0.3, -0.25) is 4.79 Å². The Morgan fingerprint density at radius 1 is 1.50 bits per heavy atom. The lowest BCUT2D eigenvalue weighted by molar-refractivity contribution is 0.0945. The van der Waals surface area contributed by atoms with Gasteiger partial charge in [0.2, 0.25) is 5.89 Å². The molecule has 8 heteroatoms. The number of benzene rings is 1. The van der Waals surface area contributed by atoms with Crippen LogP contribution >= 0.6 is 0 Å². The zero-order chi connectivity index (χ0) is 16.3. The number of carbonyl (C=O) groups is 1. The molecule has 0 saturated carbocycles. The largest absolute Gasteiger partial charge is 0.446 e. The van der Waals surface area contributed by atoms with Gasteiger partial charge in [0.25, 0.3) is 5.91 Å². The molecule has 0 saturated heterocycles. The Balaban J connectivity index is 2.01. The van der Waals surface area contributed by atoms with E-state index in [0.717, 1.165) is 18.4 Å². The summed E-state index contributed by atoms with van der Waals surface area (Å²) in [5.41, 5.74) is 5.72. The highest BCUT2D eigenvalue weighted by molar-refractivity contribution is 5.91. The van der Waals surface area contributed by atoms with E-state index in [2.05, 4.69) is 10.3 Å². The van der Waals surface area contributed by atoms with E-state index >= 15 is 0 Å². The molecule has 1 aromatic heterocycles. The number of hydrogen-bond donors (Lipinski definition) is 3. The van der Waals surface area contributed by atoms with Crippen LogP contribution in [0.2, 0.25) is 0 Å². The Hall–Kier alpha value is -2.32. The van der Waals surface area contributed by atoms with Crippen LogP contribution in [0.25, 0.3) is 0 Å². The van der Waals surface area contributed by atoms with Crippen LogP contribution in [0, 0.1) is 11.6 Å². The third-order valence-corrected chi connectivity index (χ3v) is 3.01. The summed E-state index contributed by atoms with van der Waals surface area (Å²) in [6.45, 7) is 1.33. The van der Waals surface area contributed by atoms with Gasteiger partial charge in [0.15, 0.2) is 5.69 Å². The van der Waals surface area contributed by atoms with Crippen molar-refractivity contribution in [3.63, 3.8) is 0 Å². The van der Waals surface area contributed by atoms with Gasteiger partial charge in [0.05, 0.1) is 6.10 Å². The zero-order valence-electron chi connectivity index (χ0n) is 11.7. The van der Waals surface area contributed by atoms with Gasteiger partial charge in [-0.25, -0.2) is 13.8 Å². The molecule has 1 amide bonds. The molecule has 2 aromatic rings. The van der Waals surface area contributed by atoms with E-state index in [4.69, 9.17) is 10.2 Å². The molecule has 118 valence electrons. The molecule has 0 radical (unpaired) electrons. The third-order valence-electron chi connectivity index (χ3n) is 3.01. The average Bonchev–Trinajstić information content (AvgIpc) is 2.94. The van der Waals surface area contributed by atoms with Crippen LogP contribution in [0.4, 0.5) is 8.78 Å². The number of aliphatic hydroxyl groups is 1. The highest BCUT2D eigenvalue weighted by Gasteiger charge is 2.20. The van der Waals surface area contributed by atoms with Crippen LogP contribution in [-0.2, 0) is 6.54 Å². The Labute approximate surface area is 125 Å². The molecule has 1 aromatic carbocycles. The second kappa shape index (κ2) is 6.63. The van der Waals surface area contributed by atoms with E-state index in [1.54, 1.807) is 0 Å². The molecule has 0 fully saturated rings. The number of aromatic nitrogens is 1. The normalized spacial score (nSPS) is 13.7. The first kappa shape index (κ1) is 16.1. The molecule has 22 heavy (non-hydrogen) atoms. The third kappa shape index (κ3) is 3.66. The molecule has 6 nitrogen and oxygen atoms in total. The number of nitrogens with two attached hydrogens (primary N) is 1. The minimum absolute atomic E-state index is 0.0214. The summed E-state index contributed by atoms with van der Waals surface area (Å²) >= 11 is 0. The smallest absolute Gasteiger partial charge is 0.273 e. The lowest BCUT2D eigenvalue weighted by atomic mass is 10.2. The number of halogens is 2. The van der Waals surface area contributed by atoms with E-state index in [1.807, 2.05) is 0 Å². The van der Waals surface area contributed by atoms with Crippen LogP contribution in [0.5, 0.6) is 0 Å². The predicted octanol–water partition coefficient (Wildman–Crippen LogP) is 1.26. The molecule has 1 heterocycles. The molecule has 0 aliphatic carbocycles. The van der Waals surface area contributed by atoms with Gasteiger partial charge in [-0.05, 0) is 13.0 Å². The van der Waals surface area contributed by atoms with Gasteiger partial charge in [0, 0.05) is 18.2 Å². The van der Waals surface area contributed by atoms with Gasteiger partial charge in [-0.15, -0.1) is 0 Å². The van der Waals surface area contributed by atoms with Crippen LogP contribution in [0.1, 0.15) is 34.9 Å². The number of oxazole rings is 1. The van der Waals surface area contributed by atoms with Crippen LogP contribution in [-0.4, -0.2) is 22.1 Å². The van der Waals surface area contributed by atoms with Gasteiger partial charge in [0.1, 0.15) is 23.9 Å². The summed E-state index contributed by atoms with van der Waals surface area (Å²) in [5.74, 6) is -2.03. The van der Waals surface area contributed by atoms with Gasteiger partial charge < -0.3 is 20.6 Å². The Morgan fingerprint density at radius 3 is 2.86 bits per heavy atom. The van der Waals surface area contributed by atoms with Crippen molar-refractivity contribution in [1.82, 2.24) is 10.3 Å². The SMILES string of the molecule is CC(O)C(N)c1nc(C(=O)NCc2ccc(F)cc2F)co1. The number of nitrogens with one attached hydrogen (secondary N) is 1. The second-order valence-corrected chi connectivity index (χ2v) is 4.76. The Morgan fingerprint density at radius 2 is 2.23 bits per heavy atom. The first-order valence-corrected chi connectivity index (χ1v) is 6.49. The molecular formula is C14H15F2N3O3.